The van der Waals surface area contributed by atoms with Crippen molar-refractivity contribution in [3.63, 3.8) is 0 Å². The fraction of sp³-hybridized carbons (Fsp3) is 0.312. The summed E-state index contributed by atoms with van der Waals surface area (Å²) in [7, 11) is -7.86. The number of aryl methyl sites for hydroxylation is 2. The quantitative estimate of drug-likeness (QED) is 0.333. The Bertz CT molecular complexity index is 1690. The van der Waals surface area contributed by atoms with Crippen molar-refractivity contribution in [3.8, 4) is 0 Å². The van der Waals surface area contributed by atoms with E-state index in [1.54, 1.807) is 36.4 Å². The fourth-order valence-electron chi connectivity index (χ4n) is 4.50. The summed E-state index contributed by atoms with van der Waals surface area (Å²) in [6, 6.07) is 19.1. The molecule has 1 aliphatic heterocycles. The highest BCUT2D eigenvalue weighted by Crippen LogP contribution is 2.13. The van der Waals surface area contributed by atoms with Crippen LogP contribution in [0.1, 0.15) is 57.5 Å². The zero-order valence-electron chi connectivity index (χ0n) is 25.7. The number of hydrogen-bond acceptors (Lipinski definition) is 8. The Morgan fingerprint density at radius 3 is 1.33 bits per heavy atom. The number of amides is 2. The number of benzene rings is 3. The number of hydrogen-bond donors (Lipinski definition) is 4. The normalized spacial score (nSPS) is 16.0. The van der Waals surface area contributed by atoms with Gasteiger partial charge < -0.3 is 10.6 Å². The van der Waals surface area contributed by atoms with Crippen molar-refractivity contribution in [2.75, 3.05) is 26.2 Å². The maximum Gasteiger partial charge on any atom is 0.262 e. The lowest BCUT2D eigenvalue weighted by molar-refractivity contribution is 0.0920. The summed E-state index contributed by atoms with van der Waals surface area (Å²) in [5.74, 6) is -0.687. The van der Waals surface area contributed by atoms with Crippen LogP contribution < -0.4 is 20.1 Å². The molecule has 0 aromatic heterocycles. The Morgan fingerprint density at radius 1 is 0.587 bits per heavy atom. The third-order valence-electron chi connectivity index (χ3n) is 7.05. The highest BCUT2D eigenvalue weighted by molar-refractivity contribution is 7.90. The molecule has 4 N–H and O–H groups in total. The SMILES string of the molecule is Cc1ccc(S(=O)(=O)NC2=NCCCCN=C(NS(=O)(=O)c3ccc(C)cc3)CCNC(=O)c3ccccc3C(=O)NCC2)cc1. The predicted octanol–water partition coefficient (Wildman–Crippen LogP) is 3.09. The number of carbonyl (C=O) groups excluding carboxylic acids is 2. The van der Waals surface area contributed by atoms with E-state index < -0.39 is 31.9 Å². The van der Waals surface area contributed by atoms with Gasteiger partial charge in [0.25, 0.3) is 31.9 Å². The van der Waals surface area contributed by atoms with Crippen LogP contribution in [-0.2, 0) is 20.0 Å². The molecule has 2 amide bonds. The van der Waals surface area contributed by atoms with Gasteiger partial charge in [0.05, 0.1) is 20.9 Å². The maximum absolute atomic E-state index is 13.1. The fourth-order valence-corrected chi connectivity index (χ4v) is 6.68. The van der Waals surface area contributed by atoms with Crippen LogP contribution >= 0.6 is 0 Å². The zero-order valence-corrected chi connectivity index (χ0v) is 27.4. The van der Waals surface area contributed by atoms with Crippen LogP contribution in [-0.4, -0.2) is 66.5 Å². The van der Waals surface area contributed by atoms with Gasteiger partial charge in [-0.25, -0.2) is 16.8 Å². The highest BCUT2D eigenvalue weighted by atomic mass is 32.2. The second kappa shape index (κ2) is 15.6. The topological polar surface area (TPSA) is 175 Å². The van der Waals surface area contributed by atoms with Crippen LogP contribution in [0.3, 0.4) is 0 Å². The number of sulfonamides is 2. The molecule has 1 heterocycles. The molecule has 0 radical (unpaired) electrons. The van der Waals surface area contributed by atoms with Crippen LogP contribution in [0.25, 0.3) is 0 Å². The Hall–Kier alpha value is -4.56. The molecule has 3 aromatic carbocycles. The van der Waals surface area contributed by atoms with Crippen LogP contribution in [0.15, 0.2) is 92.6 Å². The molecule has 0 aliphatic carbocycles. The summed E-state index contributed by atoms with van der Waals surface area (Å²) in [5, 5.41) is 5.50. The Labute approximate surface area is 269 Å². The van der Waals surface area contributed by atoms with E-state index in [1.807, 2.05) is 13.8 Å². The standard InChI is InChI=1S/C32H38N6O6S2/c1-23-9-13-25(14-10-23)45(41,42)37-29-17-21-35-31(39)27-7-3-4-8-28(27)32(40)36-22-18-30(34-20-6-5-19-33-29)38-46(43,44)26-15-11-24(2)12-16-26/h3-4,7-16H,5-6,17-22H2,1-2H3,(H,33,37)(H,34,38)(H,35,39)(H,36,40). The number of nitrogens with zero attached hydrogens (tertiary/aromatic N) is 2. The number of amidine groups is 2. The molecule has 1 aliphatic rings. The second-order valence-corrected chi connectivity index (χ2v) is 14.1. The predicted molar refractivity (Wildman–Crippen MR) is 177 cm³/mol. The highest BCUT2D eigenvalue weighted by Gasteiger charge is 2.20. The van der Waals surface area contributed by atoms with E-state index in [0.29, 0.717) is 12.8 Å². The molecule has 0 unspecified atom stereocenters. The first-order chi connectivity index (χ1) is 21.9. The summed E-state index contributed by atoms with van der Waals surface area (Å²) in [6.45, 7) is 4.40. The van der Waals surface area contributed by atoms with E-state index in [-0.39, 0.29) is 71.6 Å². The second-order valence-electron chi connectivity index (χ2n) is 10.8. The molecule has 0 spiro atoms. The van der Waals surface area contributed by atoms with Crippen molar-refractivity contribution in [1.29, 1.82) is 0 Å². The first kappa shape index (κ1) is 34.3. The van der Waals surface area contributed by atoms with E-state index in [9.17, 15) is 26.4 Å². The molecule has 4 rings (SSSR count). The first-order valence-electron chi connectivity index (χ1n) is 14.9. The zero-order chi connectivity index (χ0) is 33.2. The van der Waals surface area contributed by atoms with Gasteiger partial charge in [0, 0.05) is 39.0 Å². The molecule has 0 fully saturated rings. The van der Waals surface area contributed by atoms with Crippen molar-refractivity contribution < 1.29 is 26.4 Å². The van der Waals surface area contributed by atoms with Gasteiger partial charge in [-0.1, -0.05) is 47.5 Å². The third kappa shape index (κ3) is 9.72. The van der Waals surface area contributed by atoms with Gasteiger partial charge in [-0.3, -0.25) is 29.0 Å². The minimum Gasteiger partial charge on any atom is -0.352 e. The molecule has 12 nitrogen and oxygen atoms in total. The van der Waals surface area contributed by atoms with Crippen LogP contribution in [0.4, 0.5) is 0 Å². The van der Waals surface area contributed by atoms with Crippen LogP contribution in [0, 0.1) is 13.8 Å². The van der Waals surface area contributed by atoms with Crippen molar-refractivity contribution >= 4 is 43.5 Å². The summed E-state index contributed by atoms with van der Waals surface area (Å²) >= 11 is 0. The molecule has 14 heteroatoms. The van der Waals surface area contributed by atoms with Gasteiger partial charge in [-0.2, -0.15) is 0 Å². The minimum atomic E-state index is -3.93. The van der Waals surface area contributed by atoms with E-state index in [0.717, 1.165) is 11.1 Å². The number of rotatable bonds is 4. The number of fused-ring (bicyclic) bond motifs is 1. The van der Waals surface area contributed by atoms with Crippen molar-refractivity contribution in [1.82, 2.24) is 20.1 Å². The molecule has 0 saturated heterocycles. The molecule has 0 saturated carbocycles. The van der Waals surface area contributed by atoms with E-state index in [4.69, 9.17) is 0 Å². The lowest BCUT2D eigenvalue weighted by Crippen LogP contribution is -2.36. The lowest BCUT2D eigenvalue weighted by Gasteiger charge is -2.15. The van der Waals surface area contributed by atoms with Gasteiger partial charge in [0.1, 0.15) is 11.7 Å². The first-order valence-corrected chi connectivity index (χ1v) is 17.8. The number of nitrogens with one attached hydrogen (secondary N) is 4. The Kier molecular flexibility index (Phi) is 11.7. The monoisotopic (exact) mass is 666 g/mol. The average Bonchev–Trinajstić information content (AvgIpc) is 3.02. The molecule has 46 heavy (non-hydrogen) atoms. The van der Waals surface area contributed by atoms with Crippen LogP contribution in [0.2, 0.25) is 0 Å². The van der Waals surface area contributed by atoms with Gasteiger partial charge in [0.15, 0.2) is 0 Å². The van der Waals surface area contributed by atoms with E-state index >= 15 is 0 Å². The lowest BCUT2D eigenvalue weighted by atomic mass is 10.1. The number of aliphatic imine (C=N–C) groups is 2. The molecule has 244 valence electrons. The summed E-state index contributed by atoms with van der Waals surface area (Å²) in [5.41, 5.74) is 2.10. The van der Waals surface area contributed by atoms with E-state index in [1.165, 1.54) is 36.4 Å². The largest absolute Gasteiger partial charge is 0.352 e. The molecular weight excluding hydrogens is 629 g/mol. The van der Waals surface area contributed by atoms with Gasteiger partial charge in [0.2, 0.25) is 0 Å². The minimum absolute atomic E-state index is 0.0683. The molecular formula is C32H38N6O6S2. The Balaban J connectivity index is 1.57. The molecule has 3 aromatic rings. The van der Waals surface area contributed by atoms with Gasteiger partial charge >= 0.3 is 0 Å². The third-order valence-corrected chi connectivity index (χ3v) is 9.84. The van der Waals surface area contributed by atoms with Gasteiger partial charge in [-0.05, 0) is 63.1 Å². The van der Waals surface area contributed by atoms with Gasteiger partial charge in [-0.15, -0.1) is 0 Å². The van der Waals surface area contributed by atoms with Crippen LogP contribution in [0.5, 0.6) is 0 Å². The van der Waals surface area contributed by atoms with Crippen molar-refractivity contribution in [2.45, 2.75) is 49.3 Å². The summed E-state index contributed by atoms with van der Waals surface area (Å²) in [6.07, 6.45) is 1.25. The van der Waals surface area contributed by atoms with Crippen molar-refractivity contribution in [2.24, 2.45) is 9.98 Å². The Morgan fingerprint density at radius 2 is 0.957 bits per heavy atom. The summed E-state index contributed by atoms with van der Waals surface area (Å²) < 4.78 is 57.4. The van der Waals surface area contributed by atoms with Crippen molar-refractivity contribution in [3.05, 3.63) is 95.1 Å². The summed E-state index contributed by atoms with van der Waals surface area (Å²) in [4.78, 5) is 35.3. The average molecular weight is 667 g/mol. The smallest absolute Gasteiger partial charge is 0.262 e. The molecule has 0 bridgehead atoms. The maximum atomic E-state index is 13.1. The number of carbonyl (C=O) groups is 2. The molecule has 0 atom stereocenters. The van der Waals surface area contributed by atoms with E-state index in [2.05, 4.69) is 30.1 Å².